The van der Waals surface area contributed by atoms with Crippen LogP contribution in [0.1, 0.15) is 29.9 Å². The molecule has 26 heavy (non-hydrogen) atoms. The summed E-state index contributed by atoms with van der Waals surface area (Å²) < 4.78 is 5.16. The summed E-state index contributed by atoms with van der Waals surface area (Å²) in [5, 5.41) is 0. The van der Waals surface area contributed by atoms with E-state index in [2.05, 4.69) is 24.3 Å². The van der Waals surface area contributed by atoms with Crippen molar-refractivity contribution in [3.63, 3.8) is 0 Å². The predicted molar refractivity (Wildman–Crippen MR) is 107 cm³/mol. The number of carbonyl (C=O) groups is 1. The van der Waals surface area contributed by atoms with Crippen LogP contribution in [0, 0.1) is 0 Å². The Morgan fingerprint density at radius 1 is 1.12 bits per heavy atom. The maximum Gasteiger partial charge on any atom is 0.222 e. The minimum absolute atomic E-state index is 0. The zero-order valence-electron chi connectivity index (χ0n) is 15.1. The Hall–Kier alpha value is -2.04. The van der Waals surface area contributed by atoms with E-state index in [-0.39, 0.29) is 30.3 Å². The summed E-state index contributed by atoms with van der Waals surface area (Å²) in [4.78, 5) is 14.4. The van der Waals surface area contributed by atoms with Gasteiger partial charge in [0.05, 0.1) is 7.11 Å². The molecule has 0 unspecified atom stereocenters. The highest BCUT2D eigenvalue weighted by Gasteiger charge is 2.33. The van der Waals surface area contributed by atoms with Crippen LogP contribution < -0.4 is 10.5 Å². The molecule has 0 spiro atoms. The van der Waals surface area contributed by atoms with Gasteiger partial charge in [0.15, 0.2) is 0 Å². The molecule has 0 aliphatic carbocycles. The van der Waals surface area contributed by atoms with E-state index < -0.39 is 0 Å². The van der Waals surface area contributed by atoms with Gasteiger partial charge in [-0.05, 0) is 36.1 Å². The molecule has 1 heterocycles. The molecule has 1 amide bonds. The highest BCUT2D eigenvalue weighted by atomic mass is 35.5. The number of benzene rings is 2. The molecule has 0 aromatic heterocycles. The second-order valence-electron chi connectivity index (χ2n) is 6.68. The Labute approximate surface area is 161 Å². The average molecular weight is 375 g/mol. The second-order valence-corrected chi connectivity index (χ2v) is 6.68. The number of rotatable bonds is 6. The van der Waals surface area contributed by atoms with E-state index in [1.54, 1.807) is 7.11 Å². The molecule has 2 atom stereocenters. The molecule has 0 saturated carbocycles. The highest BCUT2D eigenvalue weighted by molar-refractivity contribution is 5.85. The first-order chi connectivity index (χ1) is 12.2. The van der Waals surface area contributed by atoms with E-state index in [1.807, 2.05) is 35.2 Å². The fraction of sp³-hybridized carbons (Fsp3) is 0.381. The van der Waals surface area contributed by atoms with E-state index in [4.69, 9.17) is 10.5 Å². The second kappa shape index (κ2) is 9.60. The summed E-state index contributed by atoms with van der Waals surface area (Å²) in [6.07, 6.45) is 2.32. The number of methoxy groups -OCH3 is 1. The monoisotopic (exact) mass is 374 g/mol. The number of likely N-dealkylation sites (tertiary alicyclic amines) is 1. The molecule has 1 aliphatic heterocycles. The van der Waals surface area contributed by atoms with Crippen LogP contribution in [-0.4, -0.2) is 37.0 Å². The van der Waals surface area contributed by atoms with Crippen LogP contribution in [0.25, 0.3) is 0 Å². The number of nitrogens with zero attached hydrogens (tertiary/aromatic N) is 1. The summed E-state index contributed by atoms with van der Waals surface area (Å²) in [6.45, 7) is 1.38. The molecule has 5 heteroatoms. The molecule has 3 rings (SSSR count). The Balaban J connectivity index is 0.00000243. The zero-order valence-corrected chi connectivity index (χ0v) is 16.0. The predicted octanol–water partition coefficient (Wildman–Crippen LogP) is 3.39. The highest BCUT2D eigenvalue weighted by Crippen LogP contribution is 2.27. The molecule has 2 aromatic carbocycles. The molecule has 0 bridgehead atoms. The summed E-state index contributed by atoms with van der Waals surface area (Å²) >= 11 is 0. The van der Waals surface area contributed by atoms with E-state index >= 15 is 0 Å². The maximum absolute atomic E-state index is 12.5. The summed E-state index contributed by atoms with van der Waals surface area (Å²) in [7, 11) is 1.66. The van der Waals surface area contributed by atoms with Crippen molar-refractivity contribution in [1.29, 1.82) is 0 Å². The van der Waals surface area contributed by atoms with Gasteiger partial charge >= 0.3 is 0 Å². The third-order valence-corrected chi connectivity index (χ3v) is 4.96. The number of carbonyl (C=O) groups excluding carboxylic acids is 1. The van der Waals surface area contributed by atoms with Gasteiger partial charge in [-0.15, -0.1) is 12.4 Å². The van der Waals surface area contributed by atoms with Gasteiger partial charge in [-0.25, -0.2) is 0 Å². The molecule has 2 aromatic rings. The van der Waals surface area contributed by atoms with Crippen molar-refractivity contribution in [2.45, 2.75) is 31.2 Å². The van der Waals surface area contributed by atoms with E-state index in [9.17, 15) is 4.79 Å². The maximum atomic E-state index is 12.5. The Morgan fingerprint density at radius 3 is 2.46 bits per heavy atom. The van der Waals surface area contributed by atoms with Crippen molar-refractivity contribution >= 4 is 18.3 Å². The van der Waals surface area contributed by atoms with Crippen molar-refractivity contribution < 1.29 is 9.53 Å². The molecule has 140 valence electrons. The molecule has 1 aliphatic rings. The number of halogens is 1. The summed E-state index contributed by atoms with van der Waals surface area (Å²) in [5.41, 5.74) is 8.74. The number of amides is 1. The third-order valence-electron chi connectivity index (χ3n) is 4.96. The Kier molecular flexibility index (Phi) is 7.49. The Morgan fingerprint density at radius 2 is 1.81 bits per heavy atom. The standard InChI is InChI=1S/C21H26N2O2.ClH/c1-25-18-12-10-16(11-13-18)6-5-9-21(24)23-14-19(20(22)15-23)17-7-3-2-4-8-17;/h2-4,7-8,10-13,19-20H,5-6,9,14-15,22H2,1H3;1H/t19-,20+;/m0./s1. The molecule has 2 N–H and O–H groups in total. The number of hydrogen-bond acceptors (Lipinski definition) is 3. The molecule has 4 nitrogen and oxygen atoms in total. The SMILES string of the molecule is COc1ccc(CCCC(=O)N2C[C@@H](N)[C@H](c3ccccc3)C2)cc1.Cl. The van der Waals surface area contributed by atoms with E-state index in [0.29, 0.717) is 13.0 Å². The van der Waals surface area contributed by atoms with Crippen LogP contribution in [0.2, 0.25) is 0 Å². The van der Waals surface area contributed by atoms with Crippen LogP contribution in [0.4, 0.5) is 0 Å². The zero-order chi connectivity index (χ0) is 17.6. The molecule has 0 radical (unpaired) electrons. The first-order valence-corrected chi connectivity index (χ1v) is 8.88. The van der Waals surface area contributed by atoms with Crippen LogP contribution in [-0.2, 0) is 11.2 Å². The smallest absolute Gasteiger partial charge is 0.222 e. The fourth-order valence-electron chi connectivity index (χ4n) is 3.48. The van der Waals surface area contributed by atoms with Gasteiger partial charge in [0.25, 0.3) is 0 Å². The molecular formula is C21H27ClN2O2. The van der Waals surface area contributed by atoms with Crippen LogP contribution in [0.5, 0.6) is 5.75 Å². The lowest BCUT2D eigenvalue weighted by Crippen LogP contribution is -2.32. The van der Waals surface area contributed by atoms with Gasteiger partial charge < -0.3 is 15.4 Å². The third kappa shape index (κ3) is 4.99. The lowest BCUT2D eigenvalue weighted by molar-refractivity contribution is -0.130. The van der Waals surface area contributed by atoms with Crippen LogP contribution >= 0.6 is 12.4 Å². The van der Waals surface area contributed by atoms with E-state index in [0.717, 1.165) is 25.1 Å². The number of hydrogen-bond donors (Lipinski definition) is 1. The fourth-order valence-corrected chi connectivity index (χ4v) is 3.48. The lowest BCUT2D eigenvalue weighted by atomic mass is 9.95. The minimum Gasteiger partial charge on any atom is -0.497 e. The first-order valence-electron chi connectivity index (χ1n) is 8.88. The number of aryl methyl sites for hydroxylation is 1. The van der Waals surface area contributed by atoms with Gasteiger partial charge in [0.1, 0.15) is 5.75 Å². The largest absolute Gasteiger partial charge is 0.497 e. The Bertz CT molecular complexity index is 691. The van der Waals surface area contributed by atoms with Crippen molar-refractivity contribution in [3.05, 3.63) is 65.7 Å². The van der Waals surface area contributed by atoms with Crippen molar-refractivity contribution in [2.75, 3.05) is 20.2 Å². The lowest BCUT2D eigenvalue weighted by Gasteiger charge is -2.16. The summed E-state index contributed by atoms with van der Waals surface area (Å²) in [6, 6.07) is 18.3. The number of nitrogens with two attached hydrogens (primary N) is 1. The topological polar surface area (TPSA) is 55.6 Å². The normalized spacial score (nSPS) is 19.1. The number of ether oxygens (including phenoxy) is 1. The van der Waals surface area contributed by atoms with Gasteiger partial charge in [-0.1, -0.05) is 42.5 Å². The van der Waals surface area contributed by atoms with Crippen molar-refractivity contribution in [3.8, 4) is 5.75 Å². The van der Waals surface area contributed by atoms with Gasteiger partial charge in [-0.2, -0.15) is 0 Å². The molecular weight excluding hydrogens is 348 g/mol. The quantitative estimate of drug-likeness (QED) is 0.843. The van der Waals surface area contributed by atoms with Gasteiger partial charge in [0.2, 0.25) is 5.91 Å². The van der Waals surface area contributed by atoms with Crippen LogP contribution in [0.3, 0.4) is 0 Å². The van der Waals surface area contributed by atoms with Crippen molar-refractivity contribution in [2.24, 2.45) is 5.73 Å². The van der Waals surface area contributed by atoms with Gasteiger partial charge in [0, 0.05) is 31.5 Å². The van der Waals surface area contributed by atoms with Crippen molar-refractivity contribution in [1.82, 2.24) is 4.90 Å². The van der Waals surface area contributed by atoms with E-state index in [1.165, 1.54) is 11.1 Å². The molecule has 1 saturated heterocycles. The van der Waals surface area contributed by atoms with Gasteiger partial charge in [-0.3, -0.25) is 4.79 Å². The van der Waals surface area contributed by atoms with Crippen LogP contribution in [0.15, 0.2) is 54.6 Å². The average Bonchev–Trinajstić information content (AvgIpc) is 3.05. The first kappa shape index (κ1) is 20.3. The summed E-state index contributed by atoms with van der Waals surface area (Å²) in [5.74, 6) is 1.31. The minimum atomic E-state index is 0. The molecule has 1 fully saturated rings.